The van der Waals surface area contributed by atoms with E-state index in [0.29, 0.717) is 25.7 Å². The number of carbonyl (C=O) groups is 2. The van der Waals surface area contributed by atoms with Crippen LogP contribution in [0, 0.1) is 0 Å². The molecule has 0 fully saturated rings. The van der Waals surface area contributed by atoms with E-state index in [2.05, 4.69) is 38.7 Å². The van der Waals surface area contributed by atoms with Gasteiger partial charge in [0.05, 0.1) is 6.21 Å². The van der Waals surface area contributed by atoms with Crippen LogP contribution < -0.4 is 10.7 Å². The molecule has 0 saturated carbocycles. The summed E-state index contributed by atoms with van der Waals surface area (Å²) in [5.41, 5.74) is 3.40. The summed E-state index contributed by atoms with van der Waals surface area (Å²) in [6, 6.07) is 7.64. The Kier molecular flexibility index (Phi) is 9.95. The zero-order valence-electron chi connectivity index (χ0n) is 13.5. The monoisotopic (exact) mass is 381 g/mol. The second-order valence-corrected chi connectivity index (χ2v) is 6.17. The van der Waals surface area contributed by atoms with Crippen molar-refractivity contribution in [3.8, 4) is 0 Å². The first-order chi connectivity index (χ1) is 11.1. The summed E-state index contributed by atoms with van der Waals surface area (Å²) in [5.74, 6) is -0.0748. The van der Waals surface area contributed by atoms with Gasteiger partial charge in [-0.3, -0.25) is 9.59 Å². The minimum absolute atomic E-state index is 0.0616. The Bertz CT molecular complexity index is 532. The first-order valence-electron chi connectivity index (χ1n) is 7.96. The summed E-state index contributed by atoms with van der Waals surface area (Å²) >= 11 is 3.37. The molecule has 0 spiro atoms. The van der Waals surface area contributed by atoms with Gasteiger partial charge in [-0.25, -0.2) is 5.43 Å². The zero-order valence-corrected chi connectivity index (χ0v) is 15.1. The molecule has 0 aliphatic heterocycles. The van der Waals surface area contributed by atoms with E-state index < -0.39 is 0 Å². The molecule has 0 unspecified atom stereocenters. The predicted molar refractivity (Wildman–Crippen MR) is 96.3 cm³/mol. The van der Waals surface area contributed by atoms with Gasteiger partial charge in [0.2, 0.25) is 11.8 Å². The van der Waals surface area contributed by atoms with Crippen LogP contribution in [0.3, 0.4) is 0 Å². The van der Waals surface area contributed by atoms with Gasteiger partial charge in [0.25, 0.3) is 0 Å². The maximum Gasteiger partial charge on any atom is 0.240 e. The Morgan fingerprint density at radius 3 is 2.61 bits per heavy atom. The van der Waals surface area contributed by atoms with Gasteiger partial charge >= 0.3 is 0 Å². The Labute approximate surface area is 146 Å². The van der Waals surface area contributed by atoms with E-state index in [9.17, 15) is 9.59 Å². The highest BCUT2D eigenvalue weighted by Crippen LogP contribution is 2.09. The van der Waals surface area contributed by atoms with Crippen molar-refractivity contribution in [2.24, 2.45) is 5.10 Å². The molecule has 0 radical (unpaired) electrons. The topological polar surface area (TPSA) is 70.6 Å². The Morgan fingerprint density at radius 2 is 1.91 bits per heavy atom. The predicted octanol–water partition coefficient (Wildman–Crippen LogP) is 3.38. The van der Waals surface area contributed by atoms with E-state index in [-0.39, 0.29) is 11.8 Å². The van der Waals surface area contributed by atoms with Crippen molar-refractivity contribution < 1.29 is 9.59 Å². The number of hydrogen-bond acceptors (Lipinski definition) is 3. The number of halogens is 1. The van der Waals surface area contributed by atoms with Crippen molar-refractivity contribution in [2.45, 2.75) is 45.4 Å². The fraction of sp³-hybridized carbons (Fsp3) is 0.471. The van der Waals surface area contributed by atoms with Crippen molar-refractivity contribution in [2.75, 3.05) is 6.54 Å². The average Bonchev–Trinajstić information content (AvgIpc) is 2.52. The first-order valence-corrected chi connectivity index (χ1v) is 8.75. The van der Waals surface area contributed by atoms with Crippen molar-refractivity contribution in [3.05, 3.63) is 34.3 Å². The number of rotatable bonds is 10. The van der Waals surface area contributed by atoms with Crippen LogP contribution in [-0.2, 0) is 9.59 Å². The molecule has 6 heteroatoms. The second-order valence-electron chi connectivity index (χ2n) is 5.26. The van der Waals surface area contributed by atoms with Gasteiger partial charge in [-0.1, -0.05) is 41.4 Å². The van der Waals surface area contributed by atoms with Gasteiger partial charge in [-0.15, -0.1) is 0 Å². The highest BCUT2D eigenvalue weighted by Gasteiger charge is 2.03. The molecular weight excluding hydrogens is 358 g/mol. The van der Waals surface area contributed by atoms with E-state index in [0.717, 1.165) is 29.4 Å². The lowest BCUT2D eigenvalue weighted by molar-refractivity contribution is -0.123. The van der Waals surface area contributed by atoms with Gasteiger partial charge in [0.15, 0.2) is 0 Å². The van der Waals surface area contributed by atoms with Crippen LogP contribution in [0.15, 0.2) is 33.8 Å². The van der Waals surface area contributed by atoms with Crippen molar-refractivity contribution in [1.82, 2.24) is 10.7 Å². The summed E-state index contributed by atoms with van der Waals surface area (Å²) in [6.07, 6.45) is 5.91. The number of nitrogens with one attached hydrogen (secondary N) is 2. The standard InChI is InChI=1S/C17H24BrN3O2/c1-2-3-11-19-16(22)9-4-5-10-17(23)21-20-13-14-7-6-8-15(18)12-14/h6-8,12-13H,2-5,9-11H2,1H3,(H,19,22)(H,21,23)/b20-13+. The van der Waals surface area contributed by atoms with E-state index in [1.54, 1.807) is 6.21 Å². The summed E-state index contributed by atoms with van der Waals surface area (Å²) in [5, 5.41) is 6.78. The number of benzene rings is 1. The third-order valence-electron chi connectivity index (χ3n) is 3.16. The highest BCUT2D eigenvalue weighted by atomic mass is 79.9. The lowest BCUT2D eigenvalue weighted by Crippen LogP contribution is -2.24. The summed E-state index contributed by atoms with van der Waals surface area (Å²) in [4.78, 5) is 23.1. The van der Waals surface area contributed by atoms with Gasteiger partial charge in [-0.2, -0.15) is 5.10 Å². The smallest absolute Gasteiger partial charge is 0.240 e. The quantitative estimate of drug-likeness (QED) is 0.370. The molecule has 5 nitrogen and oxygen atoms in total. The molecule has 1 aromatic carbocycles. The van der Waals surface area contributed by atoms with Crippen LogP contribution in [0.5, 0.6) is 0 Å². The third kappa shape index (κ3) is 9.84. The van der Waals surface area contributed by atoms with Gasteiger partial charge in [0.1, 0.15) is 0 Å². The minimum Gasteiger partial charge on any atom is -0.356 e. The molecule has 126 valence electrons. The van der Waals surface area contributed by atoms with Crippen molar-refractivity contribution >= 4 is 34.0 Å². The van der Waals surface area contributed by atoms with Crippen LogP contribution in [0.25, 0.3) is 0 Å². The van der Waals surface area contributed by atoms with E-state index in [4.69, 9.17) is 0 Å². The summed E-state index contributed by atoms with van der Waals surface area (Å²) in [7, 11) is 0. The normalized spacial score (nSPS) is 10.7. The van der Waals surface area contributed by atoms with Gasteiger partial charge < -0.3 is 5.32 Å². The number of hydrogen-bond donors (Lipinski definition) is 2. The third-order valence-corrected chi connectivity index (χ3v) is 3.65. The van der Waals surface area contributed by atoms with Crippen LogP contribution in [0.2, 0.25) is 0 Å². The molecule has 0 aromatic heterocycles. The molecule has 1 aromatic rings. The molecule has 0 aliphatic carbocycles. The highest BCUT2D eigenvalue weighted by molar-refractivity contribution is 9.10. The first kappa shape index (κ1) is 19.4. The number of unbranched alkanes of at least 4 members (excludes halogenated alkanes) is 2. The van der Waals surface area contributed by atoms with E-state index in [1.807, 2.05) is 24.3 Å². The largest absolute Gasteiger partial charge is 0.356 e. The summed E-state index contributed by atoms with van der Waals surface area (Å²) in [6.45, 7) is 2.82. The Balaban J connectivity index is 2.11. The number of amides is 2. The van der Waals surface area contributed by atoms with Crippen LogP contribution in [0.1, 0.15) is 51.0 Å². The van der Waals surface area contributed by atoms with Gasteiger partial charge in [0, 0.05) is 23.9 Å². The number of nitrogens with zero attached hydrogens (tertiary/aromatic N) is 1. The minimum atomic E-state index is -0.136. The molecule has 0 bridgehead atoms. The molecule has 0 aliphatic rings. The van der Waals surface area contributed by atoms with Crippen molar-refractivity contribution in [3.63, 3.8) is 0 Å². The fourth-order valence-corrected chi connectivity index (χ4v) is 2.30. The molecule has 0 saturated heterocycles. The van der Waals surface area contributed by atoms with E-state index in [1.165, 1.54) is 0 Å². The van der Waals surface area contributed by atoms with Crippen LogP contribution >= 0.6 is 15.9 Å². The fourth-order valence-electron chi connectivity index (χ4n) is 1.89. The maximum absolute atomic E-state index is 11.6. The van der Waals surface area contributed by atoms with Crippen LogP contribution in [-0.4, -0.2) is 24.6 Å². The van der Waals surface area contributed by atoms with Gasteiger partial charge in [-0.05, 0) is 37.0 Å². The molecule has 2 amide bonds. The molecule has 1 rings (SSSR count). The summed E-state index contributed by atoms with van der Waals surface area (Å²) < 4.78 is 0.963. The molecular formula is C17H24BrN3O2. The molecule has 0 atom stereocenters. The van der Waals surface area contributed by atoms with Crippen molar-refractivity contribution in [1.29, 1.82) is 0 Å². The lowest BCUT2D eigenvalue weighted by atomic mass is 10.2. The SMILES string of the molecule is CCCCNC(=O)CCCCC(=O)N/N=C/c1cccc(Br)c1. The second kappa shape index (κ2) is 11.8. The molecule has 0 heterocycles. The van der Waals surface area contributed by atoms with E-state index >= 15 is 0 Å². The Morgan fingerprint density at radius 1 is 1.17 bits per heavy atom. The maximum atomic E-state index is 11.6. The molecule has 23 heavy (non-hydrogen) atoms. The molecule has 2 N–H and O–H groups in total. The van der Waals surface area contributed by atoms with Crippen LogP contribution in [0.4, 0.5) is 0 Å². The average molecular weight is 382 g/mol. The zero-order chi connectivity index (χ0) is 16.9. The number of hydrazone groups is 1. The Hall–Kier alpha value is -1.69. The lowest BCUT2D eigenvalue weighted by Gasteiger charge is -2.04. The number of carbonyl (C=O) groups excluding carboxylic acids is 2.